The fourth-order valence-corrected chi connectivity index (χ4v) is 2.47. The van der Waals surface area contributed by atoms with Crippen LogP contribution >= 0.6 is 0 Å². The van der Waals surface area contributed by atoms with E-state index in [1.54, 1.807) is 31.6 Å². The van der Waals surface area contributed by atoms with Gasteiger partial charge in [0.15, 0.2) is 0 Å². The average molecular weight is 313 g/mol. The number of nitrogens with one attached hydrogen (secondary N) is 1. The van der Waals surface area contributed by atoms with Crippen LogP contribution in [0.5, 0.6) is 0 Å². The Morgan fingerprint density at radius 1 is 1.50 bits per heavy atom. The SMILES string of the molecule is Cn1nccc1[C@@H]1CC[C@@H](NC(=O)OC(C)(C)C)[C@H](F)CO1. The summed E-state index contributed by atoms with van der Waals surface area (Å²) in [7, 11) is 1.83. The molecule has 1 saturated heterocycles. The maximum atomic E-state index is 14.2. The molecule has 7 heteroatoms. The fraction of sp³-hybridized carbons (Fsp3) is 0.733. The van der Waals surface area contributed by atoms with Crippen LogP contribution in [0.4, 0.5) is 9.18 Å². The first-order chi connectivity index (χ1) is 10.3. The topological polar surface area (TPSA) is 65.4 Å². The number of alkyl halides is 1. The zero-order valence-electron chi connectivity index (χ0n) is 13.5. The van der Waals surface area contributed by atoms with E-state index < -0.39 is 23.9 Å². The molecule has 1 aromatic rings. The number of carbonyl (C=O) groups is 1. The second-order valence-corrected chi connectivity index (χ2v) is 6.55. The molecule has 0 bridgehead atoms. The van der Waals surface area contributed by atoms with Crippen molar-refractivity contribution in [1.29, 1.82) is 0 Å². The summed E-state index contributed by atoms with van der Waals surface area (Å²) in [6.07, 6.45) is 0.713. The number of ether oxygens (including phenoxy) is 2. The van der Waals surface area contributed by atoms with Crippen molar-refractivity contribution in [2.45, 2.75) is 57.5 Å². The molecule has 0 radical (unpaired) electrons. The standard InChI is InChI=1S/C15H24FN3O3/c1-15(2,3)22-14(20)18-11-5-6-13(21-9-10(11)16)12-7-8-17-19(12)4/h7-8,10-11,13H,5-6,9H2,1-4H3,(H,18,20)/t10-,11-,13+/m1/s1. The predicted octanol–water partition coefficient (Wildman–Crippen LogP) is 2.50. The Kier molecular flexibility index (Phi) is 5.05. The van der Waals surface area contributed by atoms with Crippen molar-refractivity contribution in [2.24, 2.45) is 7.05 Å². The van der Waals surface area contributed by atoms with Gasteiger partial charge in [-0.3, -0.25) is 4.68 Å². The van der Waals surface area contributed by atoms with Crippen molar-refractivity contribution in [3.05, 3.63) is 18.0 Å². The van der Waals surface area contributed by atoms with Gasteiger partial charge in [-0.1, -0.05) is 0 Å². The fourth-order valence-electron chi connectivity index (χ4n) is 2.47. The second-order valence-electron chi connectivity index (χ2n) is 6.55. The Morgan fingerprint density at radius 3 is 2.82 bits per heavy atom. The van der Waals surface area contributed by atoms with Crippen LogP contribution in [0.2, 0.25) is 0 Å². The number of aromatic nitrogens is 2. The molecule has 1 aliphatic rings. The van der Waals surface area contributed by atoms with E-state index in [2.05, 4.69) is 10.4 Å². The van der Waals surface area contributed by atoms with Gasteiger partial charge in [0, 0.05) is 13.2 Å². The van der Waals surface area contributed by atoms with Gasteiger partial charge in [0.1, 0.15) is 11.8 Å². The van der Waals surface area contributed by atoms with E-state index in [-0.39, 0.29) is 12.7 Å². The highest BCUT2D eigenvalue weighted by Gasteiger charge is 2.31. The van der Waals surface area contributed by atoms with E-state index in [1.807, 2.05) is 13.1 Å². The quantitative estimate of drug-likeness (QED) is 0.911. The molecule has 0 saturated carbocycles. The molecule has 6 nitrogen and oxygen atoms in total. The molecular formula is C15H24FN3O3. The van der Waals surface area contributed by atoms with Crippen LogP contribution in [0.3, 0.4) is 0 Å². The summed E-state index contributed by atoms with van der Waals surface area (Å²) in [6, 6.07) is 1.26. The molecule has 1 fully saturated rings. The zero-order chi connectivity index (χ0) is 16.3. The van der Waals surface area contributed by atoms with E-state index in [0.29, 0.717) is 12.8 Å². The molecule has 2 heterocycles. The lowest BCUT2D eigenvalue weighted by atomic mass is 10.0. The van der Waals surface area contributed by atoms with Gasteiger partial charge in [-0.15, -0.1) is 0 Å². The van der Waals surface area contributed by atoms with Gasteiger partial charge in [-0.2, -0.15) is 5.10 Å². The number of carbonyl (C=O) groups excluding carboxylic acids is 1. The van der Waals surface area contributed by atoms with Crippen LogP contribution in [-0.2, 0) is 16.5 Å². The largest absolute Gasteiger partial charge is 0.444 e. The maximum Gasteiger partial charge on any atom is 0.407 e. The van der Waals surface area contributed by atoms with Crippen molar-refractivity contribution in [1.82, 2.24) is 15.1 Å². The molecule has 1 N–H and O–H groups in total. The van der Waals surface area contributed by atoms with Crippen LogP contribution < -0.4 is 5.32 Å². The maximum absolute atomic E-state index is 14.2. The number of halogens is 1. The number of aryl methyl sites for hydroxylation is 1. The third-order valence-corrected chi connectivity index (χ3v) is 3.52. The molecule has 1 amide bonds. The number of hydrogen-bond donors (Lipinski definition) is 1. The summed E-state index contributed by atoms with van der Waals surface area (Å²) < 4.78 is 26.7. The Bertz CT molecular complexity index is 512. The summed E-state index contributed by atoms with van der Waals surface area (Å²) >= 11 is 0. The Balaban J connectivity index is 1.95. The van der Waals surface area contributed by atoms with Crippen molar-refractivity contribution in [2.75, 3.05) is 6.61 Å². The molecule has 0 spiro atoms. The normalized spacial score (nSPS) is 26.3. The summed E-state index contributed by atoms with van der Waals surface area (Å²) in [5, 5.41) is 6.71. The number of rotatable bonds is 2. The first-order valence-corrected chi connectivity index (χ1v) is 7.49. The van der Waals surface area contributed by atoms with Crippen molar-refractivity contribution >= 4 is 6.09 Å². The Hall–Kier alpha value is -1.63. The lowest BCUT2D eigenvalue weighted by Crippen LogP contribution is -2.44. The molecule has 2 rings (SSSR count). The predicted molar refractivity (Wildman–Crippen MR) is 79.2 cm³/mol. The summed E-state index contributed by atoms with van der Waals surface area (Å²) in [4.78, 5) is 11.8. The minimum atomic E-state index is -1.26. The van der Waals surface area contributed by atoms with Gasteiger partial charge in [-0.05, 0) is 39.7 Å². The van der Waals surface area contributed by atoms with Gasteiger partial charge >= 0.3 is 6.09 Å². The summed E-state index contributed by atoms with van der Waals surface area (Å²) in [6.45, 7) is 5.26. The lowest BCUT2D eigenvalue weighted by Gasteiger charge is -2.24. The van der Waals surface area contributed by atoms with Gasteiger partial charge in [0.2, 0.25) is 0 Å². The lowest BCUT2D eigenvalue weighted by molar-refractivity contribution is 0.0199. The summed E-state index contributed by atoms with van der Waals surface area (Å²) in [5.41, 5.74) is 0.305. The number of amides is 1. The van der Waals surface area contributed by atoms with Crippen LogP contribution in [0.1, 0.15) is 45.4 Å². The molecular weight excluding hydrogens is 289 g/mol. The van der Waals surface area contributed by atoms with Gasteiger partial charge in [-0.25, -0.2) is 9.18 Å². The molecule has 3 atom stereocenters. The first-order valence-electron chi connectivity index (χ1n) is 7.49. The van der Waals surface area contributed by atoms with Gasteiger partial charge < -0.3 is 14.8 Å². The van der Waals surface area contributed by atoms with E-state index in [9.17, 15) is 9.18 Å². The molecule has 0 aliphatic carbocycles. The zero-order valence-corrected chi connectivity index (χ0v) is 13.5. The third kappa shape index (κ3) is 4.43. The smallest absolute Gasteiger partial charge is 0.407 e. The second kappa shape index (κ2) is 6.64. The number of hydrogen-bond acceptors (Lipinski definition) is 4. The highest BCUT2D eigenvalue weighted by molar-refractivity contribution is 5.68. The monoisotopic (exact) mass is 313 g/mol. The van der Waals surface area contributed by atoms with Crippen molar-refractivity contribution in [3.63, 3.8) is 0 Å². The molecule has 22 heavy (non-hydrogen) atoms. The van der Waals surface area contributed by atoms with Crippen LogP contribution in [0, 0.1) is 0 Å². The van der Waals surface area contributed by atoms with Gasteiger partial charge in [0.05, 0.1) is 24.4 Å². The van der Waals surface area contributed by atoms with E-state index in [1.165, 1.54) is 0 Å². The first kappa shape index (κ1) is 16.7. The Morgan fingerprint density at radius 2 is 2.23 bits per heavy atom. The highest BCUT2D eigenvalue weighted by Crippen LogP contribution is 2.28. The van der Waals surface area contributed by atoms with E-state index in [0.717, 1.165) is 5.69 Å². The third-order valence-electron chi connectivity index (χ3n) is 3.52. The Labute approximate surface area is 130 Å². The van der Waals surface area contributed by atoms with Crippen molar-refractivity contribution < 1.29 is 18.7 Å². The molecule has 124 valence electrons. The molecule has 1 aliphatic heterocycles. The van der Waals surface area contributed by atoms with E-state index in [4.69, 9.17) is 9.47 Å². The minimum Gasteiger partial charge on any atom is -0.444 e. The molecule has 0 aromatic carbocycles. The average Bonchev–Trinajstić information content (AvgIpc) is 2.73. The number of alkyl carbamates (subject to hydrolysis) is 1. The molecule has 1 aromatic heterocycles. The number of nitrogens with zero attached hydrogens (tertiary/aromatic N) is 2. The van der Waals surface area contributed by atoms with Crippen molar-refractivity contribution in [3.8, 4) is 0 Å². The van der Waals surface area contributed by atoms with Gasteiger partial charge in [0.25, 0.3) is 0 Å². The minimum absolute atomic E-state index is 0.0592. The van der Waals surface area contributed by atoms with E-state index >= 15 is 0 Å². The van der Waals surface area contributed by atoms with Crippen LogP contribution in [0.25, 0.3) is 0 Å². The molecule has 0 unspecified atom stereocenters. The highest BCUT2D eigenvalue weighted by atomic mass is 19.1. The van der Waals surface area contributed by atoms with Crippen LogP contribution in [0.15, 0.2) is 12.3 Å². The summed E-state index contributed by atoms with van der Waals surface area (Å²) in [5.74, 6) is 0. The van der Waals surface area contributed by atoms with Crippen LogP contribution in [-0.4, -0.2) is 40.3 Å².